The highest BCUT2D eigenvalue weighted by molar-refractivity contribution is 7.86. The first-order valence-corrected chi connectivity index (χ1v) is 6.81. The van der Waals surface area contributed by atoms with Crippen LogP contribution in [0.3, 0.4) is 0 Å². The molecule has 0 aromatic heterocycles. The zero-order valence-corrected chi connectivity index (χ0v) is 10.8. The van der Waals surface area contributed by atoms with E-state index in [1.54, 1.807) is 18.2 Å². The average molecular weight is 312 g/mol. The van der Waals surface area contributed by atoms with Gasteiger partial charge >= 0.3 is 12.6 Å². The van der Waals surface area contributed by atoms with Gasteiger partial charge in [-0.25, -0.2) is 4.79 Å². The summed E-state index contributed by atoms with van der Waals surface area (Å²) >= 11 is 0. The Morgan fingerprint density at radius 3 is 2.40 bits per heavy atom. The molecule has 0 bridgehead atoms. The van der Waals surface area contributed by atoms with Crippen LogP contribution in [-0.4, -0.2) is 32.3 Å². The number of halogens is 3. The van der Waals surface area contributed by atoms with Gasteiger partial charge in [0.2, 0.25) is 0 Å². The van der Waals surface area contributed by atoms with Gasteiger partial charge in [-0.2, -0.15) is 21.6 Å². The third-order valence-electron chi connectivity index (χ3n) is 2.44. The Morgan fingerprint density at radius 1 is 1.30 bits per heavy atom. The third-order valence-corrected chi connectivity index (χ3v) is 3.86. The predicted molar refractivity (Wildman–Crippen MR) is 61.6 cm³/mol. The van der Waals surface area contributed by atoms with E-state index in [1.165, 1.54) is 6.07 Å². The molecule has 1 aliphatic rings. The van der Waals surface area contributed by atoms with Gasteiger partial charge in [0.25, 0.3) is 10.1 Å². The summed E-state index contributed by atoms with van der Waals surface area (Å²) in [6.45, 7) is -3.67. The van der Waals surface area contributed by atoms with Crippen LogP contribution in [0, 0.1) is 0 Å². The van der Waals surface area contributed by atoms with Crippen LogP contribution >= 0.6 is 0 Å². The van der Waals surface area contributed by atoms with Gasteiger partial charge in [-0.1, -0.05) is 18.2 Å². The van der Waals surface area contributed by atoms with Gasteiger partial charge in [-0.05, 0) is 24.5 Å². The van der Waals surface area contributed by atoms with Crippen molar-refractivity contribution in [3.63, 3.8) is 0 Å². The molecular formula is C11H11F3O5S. The number of aliphatic carboxylic acids is 1. The van der Waals surface area contributed by atoms with E-state index in [-0.39, 0.29) is 11.3 Å². The molecule has 1 unspecified atom stereocenters. The van der Waals surface area contributed by atoms with Crippen LogP contribution in [0.4, 0.5) is 13.2 Å². The van der Waals surface area contributed by atoms with Crippen LogP contribution in [0.2, 0.25) is 0 Å². The SMILES string of the molecule is FC(F)F.O=C(O)C1CCc2ccccc2S(=O)(=O)O1. The lowest BCUT2D eigenvalue weighted by Gasteiger charge is -2.08. The molecule has 0 radical (unpaired) electrons. The van der Waals surface area contributed by atoms with E-state index in [2.05, 4.69) is 4.18 Å². The molecule has 1 aliphatic heterocycles. The molecule has 1 N–H and O–H groups in total. The normalized spacial score (nSPS) is 20.3. The van der Waals surface area contributed by atoms with Gasteiger partial charge in [0, 0.05) is 0 Å². The van der Waals surface area contributed by atoms with Crippen molar-refractivity contribution >= 4 is 16.1 Å². The Labute approximate surface area is 113 Å². The molecule has 0 spiro atoms. The number of carboxylic acid groups (broad SMARTS) is 1. The van der Waals surface area contributed by atoms with Crippen molar-refractivity contribution in [1.29, 1.82) is 0 Å². The number of benzene rings is 1. The molecule has 1 heterocycles. The van der Waals surface area contributed by atoms with Gasteiger partial charge in [-0.15, -0.1) is 0 Å². The number of fused-ring (bicyclic) bond motifs is 1. The number of alkyl halides is 3. The first-order valence-electron chi connectivity index (χ1n) is 5.40. The summed E-state index contributed by atoms with van der Waals surface area (Å²) in [6.07, 6.45) is -0.754. The van der Waals surface area contributed by atoms with Crippen molar-refractivity contribution < 1.29 is 35.7 Å². The van der Waals surface area contributed by atoms with Crippen LogP contribution in [-0.2, 0) is 25.5 Å². The minimum Gasteiger partial charge on any atom is -0.479 e. The van der Waals surface area contributed by atoms with Gasteiger partial charge < -0.3 is 5.11 Å². The number of hydrogen-bond acceptors (Lipinski definition) is 4. The fourth-order valence-electron chi connectivity index (χ4n) is 1.66. The predicted octanol–water partition coefficient (Wildman–Crippen LogP) is 1.97. The number of carbonyl (C=O) groups is 1. The Balaban J connectivity index is 0.000000444. The van der Waals surface area contributed by atoms with Crippen molar-refractivity contribution in [2.45, 2.75) is 30.5 Å². The van der Waals surface area contributed by atoms with Crippen molar-refractivity contribution in [2.75, 3.05) is 0 Å². The maximum Gasteiger partial charge on any atom is 0.379 e. The lowest BCUT2D eigenvalue weighted by Crippen LogP contribution is -2.25. The van der Waals surface area contributed by atoms with E-state index in [9.17, 15) is 26.4 Å². The van der Waals surface area contributed by atoms with Crippen LogP contribution in [0.15, 0.2) is 29.2 Å². The molecule has 0 fully saturated rings. The van der Waals surface area contributed by atoms with Gasteiger partial charge in [-0.3, -0.25) is 4.18 Å². The second-order valence-corrected chi connectivity index (χ2v) is 5.31. The van der Waals surface area contributed by atoms with Crippen LogP contribution in [0.25, 0.3) is 0 Å². The zero-order valence-electron chi connectivity index (χ0n) is 10.0. The van der Waals surface area contributed by atoms with Crippen molar-refractivity contribution in [1.82, 2.24) is 0 Å². The number of carboxylic acids is 1. The summed E-state index contributed by atoms with van der Waals surface area (Å²) in [4.78, 5) is 10.8. The maximum atomic E-state index is 11.7. The Hall–Kier alpha value is -1.61. The Kier molecular flexibility index (Phi) is 5.52. The van der Waals surface area contributed by atoms with Gasteiger partial charge in [0.05, 0.1) is 4.90 Å². The summed E-state index contributed by atoms with van der Waals surface area (Å²) in [5.41, 5.74) is 0.603. The maximum absolute atomic E-state index is 11.7. The van der Waals surface area contributed by atoms with Crippen LogP contribution < -0.4 is 0 Å². The summed E-state index contributed by atoms with van der Waals surface area (Å²) in [5, 5.41) is 8.79. The topological polar surface area (TPSA) is 80.7 Å². The largest absolute Gasteiger partial charge is 0.479 e. The third kappa shape index (κ3) is 4.49. The summed E-state index contributed by atoms with van der Waals surface area (Å²) in [5.74, 6) is -1.25. The quantitative estimate of drug-likeness (QED) is 0.802. The molecule has 1 aromatic carbocycles. The smallest absolute Gasteiger partial charge is 0.379 e. The molecule has 1 aromatic rings. The van der Waals surface area contributed by atoms with Gasteiger partial charge in [0.1, 0.15) is 0 Å². The average Bonchev–Trinajstić information content (AvgIpc) is 2.46. The Morgan fingerprint density at radius 2 is 1.85 bits per heavy atom. The van der Waals surface area contributed by atoms with Crippen molar-refractivity contribution in [3.05, 3.63) is 29.8 Å². The summed E-state index contributed by atoms with van der Waals surface area (Å²) < 4.78 is 57.1. The van der Waals surface area contributed by atoms with Crippen LogP contribution in [0.5, 0.6) is 0 Å². The molecule has 1 atom stereocenters. The van der Waals surface area contributed by atoms with E-state index >= 15 is 0 Å². The summed E-state index contributed by atoms with van der Waals surface area (Å²) in [6, 6.07) is 6.39. The first-order chi connectivity index (χ1) is 9.24. The standard InChI is InChI=1S/C10H10O5S.CHF3/c11-10(12)8-6-5-7-3-1-2-4-9(7)16(13,14)15-8;2-1(3)4/h1-4,8H,5-6H2,(H,11,12);1H. The fraction of sp³-hybridized carbons (Fsp3) is 0.364. The fourth-order valence-corrected chi connectivity index (χ4v) is 2.98. The highest BCUT2D eigenvalue weighted by atomic mass is 32.2. The van der Waals surface area contributed by atoms with Crippen LogP contribution in [0.1, 0.15) is 12.0 Å². The number of rotatable bonds is 1. The molecular weight excluding hydrogens is 301 g/mol. The molecule has 20 heavy (non-hydrogen) atoms. The molecule has 0 saturated heterocycles. The van der Waals surface area contributed by atoms with E-state index in [1.807, 2.05) is 0 Å². The second kappa shape index (κ2) is 6.71. The molecule has 0 saturated carbocycles. The number of hydrogen-bond donors (Lipinski definition) is 1. The van der Waals surface area contributed by atoms with Crippen molar-refractivity contribution in [2.24, 2.45) is 0 Å². The molecule has 9 heteroatoms. The van der Waals surface area contributed by atoms with Gasteiger partial charge in [0.15, 0.2) is 6.10 Å². The van der Waals surface area contributed by atoms with E-state index in [0.29, 0.717) is 12.0 Å². The lowest BCUT2D eigenvalue weighted by atomic mass is 10.1. The highest BCUT2D eigenvalue weighted by Crippen LogP contribution is 2.25. The minimum atomic E-state index is -3.95. The molecule has 2 rings (SSSR count). The second-order valence-electron chi connectivity index (χ2n) is 3.77. The van der Waals surface area contributed by atoms with E-state index < -0.39 is 28.9 Å². The molecule has 112 valence electrons. The molecule has 5 nitrogen and oxygen atoms in total. The van der Waals surface area contributed by atoms with E-state index in [0.717, 1.165) is 0 Å². The lowest BCUT2D eigenvalue weighted by molar-refractivity contribution is -0.145. The summed E-state index contributed by atoms with van der Waals surface area (Å²) in [7, 11) is -3.95. The molecule has 0 amide bonds. The monoisotopic (exact) mass is 312 g/mol. The molecule has 0 aliphatic carbocycles. The highest BCUT2D eigenvalue weighted by Gasteiger charge is 2.31. The Bertz CT molecular complexity index is 570. The van der Waals surface area contributed by atoms with Crippen molar-refractivity contribution in [3.8, 4) is 0 Å². The van der Waals surface area contributed by atoms with E-state index in [4.69, 9.17) is 5.11 Å². The number of aryl methyl sites for hydroxylation is 1. The minimum absolute atomic E-state index is 0.0683. The first kappa shape index (κ1) is 16.4. The zero-order chi connectivity index (χ0) is 15.3.